The van der Waals surface area contributed by atoms with Crippen molar-refractivity contribution < 1.29 is 13.9 Å². The van der Waals surface area contributed by atoms with Gasteiger partial charge in [0.2, 0.25) is 0 Å². The second-order valence-corrected chi connectivity index (χ2v) is 5.04. The quantitative estimate of drug-likeness (QED) is 0.843. The first-order valence-corrected chi connectivity index (χ1v) is 6.73. The van der Waals surface area contributed by atoms with Crippen LogP contribution in [0.15, 0.2) is 34.9 Å². The van der Waals surface area contributed by atoms with Gasteiger partial charge in [0.1, 0.15) is 5.76 Å². The average molecular weight is 274 g/mol. The first-order valence-electron chi connectivity index (χ1n) is 6.73. The van der Waals surface area contributed by atoms with Crippen molar-refractivity contribution in [2.45, 2.75) is 13.0 Å². The van der Waals surface area contributed by atoms with Crippen LogP contribution in [0.25, 0.3) is 0 Å². The molecule has 0 aromatic carbocycles. The fourth-order valence-corrected chi connectivity index (χ4v) is 2.60. The molecule has 0 radical (unpaired) electrons. The molecule has 0 saturated carbocycles. The summed E-state index contributed by atoms with van der Waals surface area (Å²) in [5.41, 5.74) is 1.07. The van der Waals surface area contributed by atoms with E-state index in [2.05, 4.69) is 0 Å². The minimum Gasteiger partial charge on any atom is -0.456 e. The van der Waals surface area contributed by atoms with Crippen LogP contribution < -0.4 is 0 Å². The molecule has 1 atom stereocenters. The van der Waals surface area contributed by atoms with Crippen molar-refractivity contribution in [2.24, 2.45) is 7.05 Å². The van der Waals surface area contributed by atoms with Crippen molar-refractivity contribution in [3.63, 3.8) is 0 Å². The zero-order valence-electron chi connectivity index (χ0n) is 11.7. The highest BCUT2D eigenvalue weighted by Gasteiger charge is 2.31. The SMILES string of the molecule is Cc1ccc(C(=O)N2CCOCC2c2cccn2C)o1. The Hall–Kier alpha value is -2.01. The molecule has 5 nitrogen and oxygen atoms in total. The lowest BCUT2D eigenvalue weighted by Crippen LogP contribution is -2.43. The van der Waals surface area contributed by atoms with Gasteiger partial charge in [-0.05, 0) is 31.2 Å². The van der Waals surface area contributed by atoms with Crippen LogP contribution in [0.5, 0.6) is 0 Å². The van der Waals surface area contributed by atoms with Crippen LogP contribution in [0.4, 0.5) is 0 Å². The Bertz CT molecular complexity index is 614. The number of carbonyl (C=O) groups excluding carboxylic acids is 1. The number of hydrogen-bond acceptors (Lipinski definition) is 3. The van der Waals surface area contributed by atoms with E-state index in [1.807, 2.05) is 47.8 Å². The van der Waals surface area contributed by atoms with Crippen LogP contribution in [0.1, 0.15) is 28.1 Å². The summed E-state index contributed by atoms with van der Waals surface area (Å²) in [4.78, 5) is 14.4. The highest BCUT2D eigenvalue weighted by molar-refractivity contribution is 5.91. The topological polar surface area (TPSA) is 47.6 Å². The zero-order valence-corrected chi connectivity index (χ0v) is 11.7. The van der Waals surface area contributed by atoms with Gasteiger partial charge in [-0.1, -0.05) is 0 Å². The van der Waals surface area contributed by atoms with E-state index in [1.54, 1.807) is 6.07 Å². The highest BCUT2D eigenvalue weighted by atomic mass is 16.5. The molecule has 3 heterocycles. The van der Waals surface area contributed by atoms with Gasteiger partial charge in [0.25, 0.3) is 5.91 Å². The number of aromatic nitrogens is 1. The molecule has 0 aliphatic carbocycles. The van der Waals surface area contributed by atoms with Gasteiger partial charge in [-0.25, -0.2) is 0 Å². The molecule has 5 heteroatoms. The third-order valence-electron chi connectivity index (χ3n) is 3.67. The van der Waals surface area contributed by atoms with Crippen LogP contribution in [-0.4, -0.2) is 35.1 Å². The predicted octanol–water partition coefficient (Wildman–Crippen LogP) is 2.14. The normalized spacial score (nSPS) is 19.3. The second kappa shape index (κ2) is 5.17. The van der Waals surface area contributed by atoms with Gasteiger partial charge >= 0.3 is 0 Å². The van der Waals surface area contributed by atoms with Crippen LogP contribution in [0.3, 0.4) is 0 Å². The van der Waals surface area contributed by atoms with E-state index in [4.69, 9.17) is 9.15 Å². The van der Waals surface area contributed by atoms with Gasteiger partial charge in [0.05, 0.1) is 19.3 Å². The maximum atomic E-state index is 12.6. The summed E-state index contributed by atoms with van der Waals surface area (Å²) in [6.07, 6.45) is 1.98. The van der Waals surface area contributed by atoms with Crippen LogP contribution in [-0.2, 0) is 11.8 Å². The van der Waals surface area contributed by atoms with Gasteiger partial charge in [0.15, 0.2) is 5.76 Å². The first-order chi connectivity index (χ1) is 9.66. The number of morpholine rings is 1. The van der Waals surface area contributed by atoms with Crippen molar-refractivity contribution in [3.8, 4) is 0 Å². The molecular weight excluding hydrogens is 256 g/mol. The number of furan rings is 1. The van der Waals surface area contributed by atoms with E-state index < -0.39 is 0 Å². The lowest BCUT2D eigenvalue weighted by atomic mass is 10.1. The first kappa shape index (κ1) is 13.0. The van der Waals surface area contributed by atoms with Crippen LogP contribution in [0.2, 0.25) is 0 Å². The molecular formula is C15H18N2O3. The summed E-state index contributed by atoms with van der Waals surface area (Å²) in [6.45, 7) is 3.49. The highest BCUT2D eigenvalue weighted by Crippen LogP contribution is 2.26. The molecule has 0 N–H and O–H groups in total. The maximum Gasteiger partial charge on any atom is 0.290 e. The van der Waals surface area contributed by atoms with Crippen molar-refractivity contribution in [1.82, 2.24) is 9.47 Å². The minimum atomic E-state index is -0.0763. The number of hydrogen-bond donors (Lipinski definition) is 0. The predicted molar refractivity (Wildman–Crippen MR) is 73.5 cm³/mol. The lowest BCUT2D eigenvalue weighted by Gasteiger charge is -2.35. The average Bonchev–Trinajstić information content (AvgIpc) is 3.07. The van der Waals surface area contributed by atoms with Gasteiger partial charge in [-0.3, -0.25) is 4.79 Å². The van der Waals surface area contributed by atoms with Gasteiger partial charge < -0.3 is 18.6 Å². The molecule has 2 aromatic heterocycles. The second-order valence-electron chi connectivity index (χ2n) is 5.04. The molecule has 0 spiro atoms. The van der Waals surface area contributed by atoms with Crippen molar-refractivity contribution in [1.29, 1.82) is 0 Å². The fourth-order valence-electron chi connectivity index (χ4n) is 2.60. The van der Waals surface area contributed by atoms with Gasteiger partial charge in [0, 0.05) is 25.5 Å². The Morgan fingerprint density at radius 3 is 2.85 bits per heavy atom. The van der Waals surface area contributed by atoms with E-state index in [1.165, 1.54) is 0 Å². The van der Waals surface area contributed by atoms with Gasteiger partial charge in [-0.15, -0.1) is 0 Å². The van der Waals surface area contributed by atoms with Crippen LogP contribution >= 0.6 is 0 Å². The Labute approximate surface area is 117 Å². The van der Waals surface area contributed by atoms with E-state index in [9.17, 15) is 4.79 Å². The number of ether oxygens (including phenoxy) is 1. The molecule has 106 valence electrons. The molecule has 3 rings (SSSR count). The third-order valence-corrected chi connectivity index (χ3v) is 3.67. The number of rotatable bonds is 2. The smallest absolute Gasteiger partial charge is 0.290 e. The molecule has 1 aliphatic rings. The number of nitrogens with zero attached hydrogens (tertiary/aromatic N) is 2. The fraction of sp³-hybridized carbons (Fsp3) is 0.400. The number of aryl methyl sites for hydroxylation is 2. The standard InChI is InChI=1S/C15H18N2O3/c1-11-5-6-14(20-11)15(18)17-8-9-19-10-13(17)12-4-3-7-16(12)2/h3-7,13H,8-10H2,1-2H3. The Morgan fingerprint density at radius 2 is 2.20 bits per heavy atom. The van der Waals surface area contributed by atoms with E-state index in [0.29, 0.717) is 25.5 Å². The maximum absolute atomic E-state index is 12.6. The molecule has 1 fully saturated rings. The minimum absolute atomic E-state index is 0.0679. The zero-order chi connectivity index (χ0) is 14.1. The monoisotopic (exact) mass is 274 g/mol. The number of carbonyl (C=O) groups is 1. The molecule has 1 unspecified atom stereocenters. The van der Waals surface area contributed by atoms with E-state index in [-0.39, 0.29) is 11.9 Å². The third kappa shape index (κ3) is 2.25. The molecule has 1 saturated heterocycles. The van der Waals surface area contributed by atoms with Crippen LogP contribution in [0, 0.1) is 6.92 Å². The Balaban J connectivity index is 1.89. The summed E-state index contributed by atoms with van der Waals surface area (Å²) in [5.74, 6) is 1.06. The largest absolute Gasteiger partial charge is 0.456 e. The summed E-state index contributed by atoms with van der Waals surface area (Å²) in [6, 6.07) is 7.47. The van der Waals surface area contributed by atoms with Gasteiger partial charge in [-0.2, -0.15) is 0 Å². The molecule has 2 aromatic rings. The molecule has 20 heavy (non-hydrogen) atoms. The summed E-state index contributed by atoms with van der Waals surface area (Å²) >= 11 is 0. The van der Waals surface area contributed by atoms with E-state index in [0.717, 1.165) is 11.5 Å². The molecule has 1 aliphatic heterocycles. The Morgan fingerprint density at radius 1 is 1.35 bits per heavy atom. The molecule has 0 bridgehead atoms. The number of amides is 1. The summed E-state index contributed by atoms with van der Waals surface area (Å²) in [5, 5.41) is 0. The Kier molecular flexibility index (Phi) is 3.36. The van der Waals surface area contributed by atoms with E-state index >= 15 is 0 Å². The van der Waals surface area contributed by atoms with Crippen molar-refractivity contribution in [2.75, 3.05) is 19.8 Å². The summed E-state index contributed by atoms with van der Waals surface area (Å²) < 4.78 is 13.0. The molecule has 1 amide bonds. The lowest BCUT2D eigenvalue weighted by molar-refractivity contribution is -0.00621. The van der Waals surface area contributed by atoms with Crippen molar-refractivity contribution in [3.05, 3.63) is 47.7 Å². The summed E-state index contributed by atoms with van der Waals surface area (Å²) in [7, 11) is 1.98. The van der Waals surface area contributed by atoms with Crippen molar-refractivity contribution >= 4 is 5.91 Å².